The number of benzene rings is 1. The second-order valence-corrected chi connectivity index (χ2v) is 12.5. The molecule has 1 aromatic rings. The number of rotatable bonds is 10. The van der Waals surface area contributed by atoms with Gasteiger partial charge in [-0.25, -0.2) is 9.68 Å². The standard InChI is InChI=1S/C23H28F2O8S2/c1-22(2,23-11-14-8-15(12-23)10-16(9-14)13-23)30-20(26)17-4-6-18(7-5-17)31-35(27,28)21(19(24)25)34-33-32-29-3/h4-7,14-16H,8-13H2,1-3H3. The van der Waals surface area contributed by atoms with E-state index in [9.17, 15) is 22.0 Å². The Hall–Kier alpha value is -1.73. The zero-order valence-electron chi connectivity index (χ0n) is 19.6. The van der Waals surface area contributed by atoms with Gasteiger partial charge in [0.05, 0.1) is 24.7 Å². The van der Waals surface area contributed by atoms with E-state index in [0.29, 0.717) is 17.8 Å². The molecule has 4 saturated carbocycles. The molecule has 4 aliphatic carbocycles. The van der Waals surface area contributed by atoms with E-state index in [2.05, 4.69) is 14.3 Å². The third-order valence-electron chi connectivity index (χ3n) is 7.55. The first-order valence-electron chi connectivity index (χ1n) is 11.3. The quantitative estimate of drug-likeness (QED) is 0.0925. The van der Waals surface area contributed by atoms with Gasteiger partial charge in [-0.2, -0.15) is 17.2 Å². The van der Waals surface area contributed by atoms with Gasteiger partial charge < -0.3 is 8.92 Å². The smallest absolute Gasteiger partial charge is 0.353 e. The average Bonchev–Trinajstić information content (AvgIpc) is 2.75. The van der Waals surface area contributed by atoms with Crippen molar-refractivity contribution in [2.45, 2.75) is 58.0 Å². The second-order valence-electron chi connectivity index (χ2n) is 10.1. The lowest BCUT2D eigenvalue weighted by Gasteiger charge is -2.61. The molecule has 0 heterocycles. The van der Waals surface area contributed by atoms with E-state index in [1.165, 1.54) is 43.5 Å². The van der Waals surface area contributed by atoms with Gasteiger partial charge in [0.15, 0.2) is 0 Å². The minimum atomic E-state index is -4.93. The van der Waals surface area contributed by atoms with Gasteiger partial charge in [0.25, 0.3) is 0 Å². The number of esters is 1. The van der Waals surface area contributed by atoms with Crippen molar-refractivity contribution in [3.05, 3.63) is 40.1 Å². The lowest BCUT2D eigenvalue weighted by molar-refractivity contribution is -0.447. The van der Waals surface area contributed by atoms with Crippen molar-refractivity contribution in [2.75, 3.05) is 7.11 Å². The summed E-state index contributed by atoms with van der Waals surface area (Å²) in [5.74, 6) is 1.31. The first-order valence-corrected chi connectivity index (χ1v) is 13.5. The molecule has 4 fully saturated rings. The largest absolute Gasteiger partial charge is 0.455 e. The number of ether oxygens (including phenoxy) is 1. The van der Waals surface area contributed by atoms with Crippen molar-refractivity contribution in [1.29, 1.82) is 0 Å². The Bertz CT molecular complexity index is 1050. The van der Waals surface area contributed by atoms with Gasteiger partial charge in [0.2, 0.25) is 4.24 Å². The van der Waals surface area contributed by atoms with Gasteiger partial charge in [-0.1, -0.05) is 5.04 Å². The van der Waals surface area contributed by atoms with Crippen LogP contribution in [0.25, 0.3) is 0 Å². The van der Waals surface area contributed by atoms with Crippen molar-refractivity contribution in [1.82, 2.24) is 0 Å². The molecule has 194 valence electrons. The molecule has 5 rings (SSSR count). The van der Waals surface area contributed by atoms with E-state index >= 15 is 0 Å². The Morgan fingerprint density at radius 2 is 1.57 bits per heavy atom. The highest BCUT2D eigenvalue weighted by atomic mass is 32.3. The molecule has 4 aliphatic rings. The maximum Gasteiger partial charge on any atom is 0.353 e. The Kier molecular flexibility index (Phi) is 7.50. The van der Waals surface area contributed by atoms with E-state index in [-0.39, 0.29) is 28.8 Å². The number of carbonyl (C=O) groups is 1. The van der Waals surface area contributed by atoms with Crippen LogP contribution in [-0.2, 0) is 29.1 Å². The van der Waals surface area contributed by atoms with Crippen LogP contribution < -0.4 is 4.18 Å². The fourth-order valence-corrected chi connectivity index (χ4v) is 7.65. The summed E-state index contributed by atoms with van der Waals surface area (Å²) in [6.45, 7) is 3.96. The number of hydrogen-bond donors (Lipinski definition) is 0. The van der Waals surface area contributed by atoms with Crippen LogP contribution >= 0.6 is 12.0 Å². The summed E-state index contributed by atoms with van der Waals surface area (Å²) in [6.07, 6.45) is 4.50. The zero-order valence-corrected chi connectivity index (χ0v) is 21.3. The molecule has 1 aromatic carbocycles. The third-order valence-corrected chi connectivity index (χ3v) is 9.81. The van der Waals surface area contributed by atoms with E-state index in [0.717, 1.165) is 26.4 Å². The second kappa shape index (κ2) is 9.97. The van der Waals surface area contributed by atoms with E-state index in [1.807, 2.05) is 13.8 Å². The molecule has 0 aliphatic heterocycles. The average molecular weight is 535 g/mol. The Morgan fingerprint density at radius 1 is 1.03 bits per heavy atom. The molecule has 0 spiro atoms. The van der Waals surface area contributed by atoms with Crippen molar-refractivity contribution in [3.8, 4) is 5.75 Å². The van der Waals surface area contributed by atoms with Crippen LogP contribution in [0.1, 0.15) is 62.7 Å². The van der Waals surface area contributed by atoms with Crippen LogP contribution in [0.4, 0.5) is 8.78 Å². The molecule has 0 saturated heterocycles. The lowest BCUT2D eigenvalue weighted by Crippen LogP contribution is -2.57. The Balaban J connectivity index is 1.42. The SMILES string of the molecule is COOOSC(=C(F)F)S(=O)(=O)Oc1ccc(C(=O)OC(C)(C)C23CC4CC(CC(C4)C2)C3)cc1. The summed E-state index contributed by atoms with van der Waals surface area (Å²) in [7, 11) is -3.89. The van der Waals surface area contributed by atoms with Crippen molar-refractivity contribution in [3.63, 3.8) is 0 Å². The molecule has 35 heavy (non-hydrogen) atoms. The minimum Gasteiger partial charge on any atom is -0.455 e. The highest BCUT2D eigenvalue weighted by Crippen LogP contribution is 2.64. The summed E-state index contributed by atoms with van der Waals surface area (Å²) < 4.78 is 64.0. The van der Waals surface area contributed by atoms with Gasteiger partial charge in [0.1, 0.15) is 11.4 Å². The molecule has 0 unspecified atom stereocenters. The zero-order chi connectivity index (χ0) is 25.4. The predicted octanol–water partition coefficient (Wildman–Crippen LogP) is 5.77. The Morgan fingerprint density at radius 3 is 2.06 bits per heavy atom. The Labute approximate surface area is 207 Å². The summed E-state index contributed by atoms with van der Waals surface area (Å²) >= 11 is -0.287. The van der Waals surface area contributed by atoms with Crippen molar-refractivity contribution in [2.24, 2.45) is 23.2 Å². The molecule has 4 bridgehead atoms. The fraction of sp³-hybridized carbons (Fsp3) is 0.609. The van der Waals surface area contributed by atoms with Crippen LogP contribution in [0, 0.1) is 23.2 Å². The van der Waals surface area contributed by atoms with Crippen LogP contribution in [0.15, 0.2) is 34.6 Å². The number of halogens is 2. The molecule has 12 heteroatoms. The first-order chi connectivity index (χ1) is 16.4. The highest BCUT2D eigenvalue weighted by molar-refractivity contribution is 8.14. The minimum absolute atomic E-state index is 0.0278. The number of hydrogen-bond acceptors (Lipinski definition) is 9. The van der Waals surface area contributed by atoms with E-state index in [4.69, 9.17) is 8.92 Å². The molecule has 0 radical (unpaired) electrons. The maximum atomic E-state index is 13.1. The summed E-state index contributed by atoms with van der Waals surface area (Å²) in [6, 6.07) is 5.04. The van der Waals surface area contributed by atoms with Crippen LogP contribution in [0.3, 0.4) is 0 Å². The van der Waals surface area contributed by atoms with E-state index in [1.54, 1.807) is 0 Å². The summed E-state index contributed by atoms with van der Waals surface area (Å²) in [4.78, 5) is 17.0. The monoisotopic (exact) mass is 534 g/mol. The van der Waals surface area contributed by atoms with Gasteiger partial charge in [-0.15, -0.1) is 4.33 Å². The highest BCUT2D eigenvalue weighted by Gasteiger charge is 2.58. The van der Waals surface area contributed by atoms with Crippen molar-refractivity contribution >= 4 is 28.1 Å². The lowest BCUT2D eigenvalue weighted by atomic mass is 9.46. The maximum absolute atomic E-state index is 13.1. The van der Waals surface area contributed by atoms with Gasteiger partial charge >= 0.3 is 22.2 Å². The van der Waals surface area contributed by atoms with Gasteiger partial charge in [-0.3, -0.25) is 0 Å². The molecular weight excluding hydrogens is 506 g/mol. The van der Waals surface area contributed by atoms with Gasteiger partial charge in [0, 0.05) is 5.41 Å². The van der Waals surface area contributed by atoms with Crippen LogP contribution in [-0.4, -0.2) is 27.1 Å². The van der Waals surface area contributed by atoms with E-state index < -0.39 is 32.0 Å². The molecule has 0 N–H and O–H groups in total. The molecule has 8 nitrogen and oxygen atoms in total. The molecule has 0 aromatic heterocycles. The summed E-state index contributed by atoms with van der Waals surface area (Å²) in [5, 5.41) is 3.94. The number of carbonyl (C=O) groups excluding carboxylic acids is 1. The van der Waals surface area contributed by atoms with Crippen LogP contribution in [0.2, 0.25) is 0 Å². The predicted molar refractivity (Wildman–Crippen MR) is 122 cm³/mol. The molecule has 0 amide bonds. The third kappa shape index (κ3) is 5.51. The summed E-state index contributed by atoms with van der Waals surface area (Å²) in [5.41, 5.74) is -0.482. The topological polar surface area (TPSA) is 97.4 Å². The fourth-order valence-electron chi connectivity index (χ4n) is 6.30. The first kappa shape index (κ1) is 26.3. The van der Waals surface area contributed by atoms with Crippen LogP contribution in [0.5, 0.6) is 5.75 Å². The van der Waals surface area contributed by atoms with Crippen molar-refractivity contribution < 1.29 is 45.2 Å². The van der Waals surface area contributed by atoms with Gasteiger partial charge in [-0.05, 0) is 94.4 Å². The molecular formula is C23H28F2O8S2. The molecule has 0 atom stereocenters. The normalized spacial score (nSPS) is 27.5.